The number of benzene rings is 1. The zero-order valence-electron chi connectivity index (χ0n) is 12.3. The van der Waals surface area contributed by atoms with Crippen molar-refractivity contribution in [1.29, 1.82) is 0 Å². The molecule has 0 amide bonds. The lowest BCUT2D eigenvalue weighted by Gasteiger charge is -2.09. The van der Waals surface area contributed by atoms with Crippen LogP contribution in [0.5, 0.6) is 5.75 Å². The molecule has 4 heteroatoms. The molecule has 1 atom stereocenters. The molecule has 0 spiro atoms. The predicted molar refractivity (Wildman–Crippen MR) is 80.7 cm³/mol. The molecule has 1 aromatic heterocycles. The molecule has 0 saturated heterocycles. The zero-order chi connectivity index (χ0) is 14.5. The van der Waals surface area contributed by atoms with E-state index in [1.165, 1.54) is 0 Å². The van der Waals surface area contributed by atoms with Gasteiger partial charge in [0.25, 0.3) is 0 Å². The first-order chi connectivity index (χ1) is 9.58. The van der Waals surface area contributed by atoms with Gasteiger partial charge in [-0.25, -0.2) is 9.97 Å². The van der Waals surface area contributed by atoms with E-state index in [-0.39, 0.29) is 6.04 Å². The Morgan fingerprint density at radius 3 is 2.75 bits per heavy atom. The molecule has 0 fully saturated rings. The SMILES string of the molecule is CCOc1cccc(-c2nc(C)cc(CC(C)N)n2)c1. The summed E-state index contributed by atoms with van der Waals surface area (Å²) in [5.74, 6) is 1.56. The number of rotatable bonds is 5. The van der Waals surface area contributed by atoms with Gasteiger partial charge in [0, 0.05) is 29.4 Å². The number of aromatic nitrogens is 2. The standard InChI is InChI=1S/C16H21N3O/c1-4-20-15-7-5-6-13(10-15)16-18-12(3)9-14(19-16)8-11(2)17/h5-7,9-11H,4,8,17H2,1-3H3. The highest BCUT2D eigenvalue weighted by Gasteiger charge is 2.07. The van der Waals surface area contributed by atoms with Gasteiger partial charge < -0.3 is 10.5 Å². The summed E-state index contributed by atoms with van der Waals surface area (Å²) in [6.07, 6.45) is 0.751. The normalized spacial score (nSPS) is 12.2. The molecule has 20 heavy (non-hydrogen) atoms. The van der Waals surface area contributed by atoms with E-state index in [1.807, 2.05) is 51.1 Å². The zero-order valence-corrected chi connectivity index (χ0v) is 12.3. The van der Waals surface area contributed by atoms with Crippen LogP contribution in [0.4, 0.5) is 0 Å². The van der Waals surface area contributed by atoms with Crippen molar-refractivity contribution in [3.63, 3.8) is 0 Å². The quantitative estimate of drug-likeness (QED) is 0.908. The molecule has 106 valence electrons. The second-order valence-corrected chi connectivity index (χ2v) is 4.97. The van der Waals surface area contributed by atoms with Crippen LogP contribution in [0.2, 0.25) is 0 Å². The van der Waals surface area contributed by atoms with Crippen LogP contribution in [0.1, 0.15) is 25.2 Å². The van der Waals surface area contributed by atoms with Gasteiger partial charge in [-0.15, -0.1) is 0 Å². The van der Waals surface area contributed by atoms with Crippen molar-refractivity contribution in [3.05, 3.63) is 41.7 Å². The van der Waals surface area contributed by atoms with Gasteiger partial charge >= 0.3 is 0 Å². The third kappa shape index (κ3) is 3.78. The minimum Gasteiger partial charge on any atom is -0.494 e. The highest BCUT2D eigenvalue weighted by molar-refractivity contribution is 5.57. The van der Waals surface area contributed by atoms with Crippen molar-refractivity contribution in [2.45, 2.75) is 33.2 Å². The van der Waals surface area contributed by atoms with E-state index in [1.54, 1.807) is 0 Å². The molecule has 4 nitrogen and oxygen atoms in total. The fourth-order valence-electron chi connectivity index (χ4n) is 2.09. The Morgan fingerprint density at radius 2 is 2.05 bits per heavy atom. The molecule has 2 aromatic rings. The first-order valence-corrected chi connectivity index (χ1v) is 6.92. The Morgan fingerprint density at radius 1 is 1.25 bits per heavy atom. The predicted octanol–water partition coefficient (Wildman–Crippen LogP) is 2.74. The van der Waals surface area contributed by atoms with Gasteiger partial charge in [0.2, 0.25) is 0 Å². The lowest BCUT2D eigenvalue weighted by Crippen LogP contribution is -2.19. The van der Waals surface area contributed by atoms with Crippen LogP contribution in [0.15, 0.2) is 30.3 Å². The van der Waals surface area contributed by atoms with E-state index in [0.29, 0.717) is 6.61 Å². The maximum Gasteiger partial charge on any atom is 0.159 e. The lowest BCUT2D eigenvalue weighted by molar-refractivity contribution is 0.340. The molecule has 0 bridgehead atoms. The summed E-state index contributed by atoms with van der Waals surface area (Å²) in [6.45, 7) is 6.57. The van der Waals surface area contributed by atoms with Crippen LogP contribution in [0.25, 0.3) is 11.4 Å². The molecule has 1 heterocycles. The van der Waals surface area contributed by atoms with E-state index in [2.05, 4.69) is 9.97 Å². The van der Waals surface area contributed by atoms with Crippen molar-refractivity contribution >= 4 is 0 Å². The van der Waals surface area contributed by atoms with Gasteiger partial charge in [-0.2, -0.15) is 0 Å². The van der Waals surface area contributed by atoms with Crippen LogP contribution >= 0.6 is 0 Å². The third-order valence-corrected chi connectivity index (χ3v) is 2.84. The third-order valence-electron chi connectivity index (χ3n) is 2.84. The van der Waals surface area contributed by atoms with Crippen molar-refractivity contribution in [2.24, 2.45) is 5.73 Å². The molecular formula is C16H21N3O. The average molecular weight is 271 g/mol. The first-order valence-electron chi connectivity index (χ1n) is 6.92. The minimum absolute atomic E-state index is 0.0897. The minimum atomic E-state index is 0.0897. The number of hydrogen-bond donors (Lipinski definition) is 1. The smallest absolute Gasteiger partial charge is 0.159 e. The Balaban J connectivity index is 2.36. The van der Waals surface area contributed by atoms with Crippen LogP contribution in [0, 0.1) is 6.92 Å². The van der Waals surface area contributed by atoms with Crippen LogP contribution in [0.3, 0.4) is 0 Å². The molecule has 0 radical (unpaired) electrons. The molecular weight excluding hydrogens is 250 g/mol. The summed E-state index contributed by atoms with van der Waals surface area (Å²) < 4.78 is 5.52. The van der Waals surface area contributed by atoms with Crippen molar-refractivity contribution in [1.82, 2.24) is 9.97 Å². The number of ether oxygens (including phenoxy) is 1. The number of nitrogens with two attached hydrogens (primary N) is 1. The fraction of sp³-hybridized carbons (Fsp3) is 0.375. The van der Waals surface area contributed by atoms with Crippen molar-refractivity contribution in [3.8, 4) is 17.1 Å². The van der Waals surface area contributed by atoms with Gasteiger partial charge in [-0.05, 0) is 39.0 Å². The fourth-order valence-corrected chi connectivity index (χ4v) is 2.09. The molecule has 0 saturated carbocycles. The van der Waals surface area contributed by atoms with Gasteiger partial charge in [0.1, 0.15) is 5.75 Å². The molecule has 1 unspecified atom stereocenters. The number of aryl methyl sites for hydroxylation is 1. The second kappa shape index (κ2) is 6.48. The Kier molecular flexibility index (Phi) is 4.69. The highest BCUT2D eigenvalue weighted by Crippen LogP contribution is 2.21. The summed E-state index contributed by atoms with van der Waals surface area (Å²) in [5, 5.41) is 0. The Bertz CT molecular complexity index is 582. The molecule has 0 aliphatic carbocycles. The average Bonchev–Trinajstić information content (AvgIpc) is 2.38. The topological polar surface area (TPSA) is 61.0 Å². The summed E-state index contributed by atoms with van der Waals surface area (Å²) in [6, 6.07) is 9.93. The molecule has 0 aliphatic rings. The molecule has 0 aliphatic heterocycles. The highest BCUT2D eigenvalue weighted by atomic mass is 16.5. The van der Waals surface area contributed by atoms with Gasteiger partial charge in [0.05, 0.1) is 6.61 Å². The summed E-state index contributed by atoms with van der Waals surface area (Å²) in [5.41, 5.74) is 8.74. The second-order valence-electron chi connectivity index (χ2n) is 4.97. The number of hydrogen-bond acceptors (Lipinski definition) is 4. The van der Waals surface area contributed by atoms with E-state index < -0.39 is 0 Å². The van der Waals surface area contributed by atoms with Crippen LogP contribution in [-0.2, 0) is 6.42 Å². The van der Waals surface area contributed by atoms with Gasteiger partial charge in [-0.1, -0.05) is 12.1 Å². The van der Waals surface area contributed by atoms with Gasteiger partial charge in [-0.3, -0.25) is 0 Å². The Labute approximate surface area is 120 Å². The summed E-state index contributed by atoms with van der Waals surface area (Å²) in [7, 11) is 0. The van der Waals surface area contributed by atoms with E-state index >= 15 is 0 Å². The van der Waals surface area contributed by atoms with Crippen molar-refractivity contribution in [2.75, 3.05) is 6.61 Å². The number of nitrogens with zero attached hydrogens (tertiary/aromatic N) is 2. The summed E-state index contributed by atoms with van der Waals surface area (Å²) >= 11 is 0. The van der Waals surface area contributed by atoms with Crippen molar-refractivity contribution < 1.29 is 4.74 Å². The maximum atomic E-state index is 5.85. The molecule has 2 N–H and O–H groups in total. The lowest BCUT2D eigenvalue weighted by atomic mass is 10.1. The van der Waals surface area contributed by atoms with Gasteiger partial charge in [0.15, 0.2) is 5.82 Å². The monoisotopic (exact) mass is 271 g/mol. The molecule has 1 aromatic carbocycles. The van der Waals surface area contributed by atoms with E-state index in [4.69, 9.17) is 10.5 Å². The maximum absolute atomic E-state index is 5.85. The summed E-state index contributed by atoms with van der Waals surface area (Å²) in [4.78, 5) is 9.10. The largest absolute Gasteiger partial charge is 0.494 e. The van der Waals surface area contributed by atoms with Crippen LogP contribution < -0.4 is 10.5 Å². The molecule has 2 rings (SSSR count). The first kappa shape index (κ1) is 14.5. The Hall–Kier alpha value is -1.94. The van der Waals surface area contributed by atoms with E-state index in [0.717, 1.165) is 34.9 Å². The van der Waals surface area contributed by atoms with E-state index in [9.17, 15) is 0 Å². The van der Waals surface area contributed by atoms with Crippen LogP contribution in [-0.4, -0.2) is 22.6 Å².